The molecule has 1 aliphatic rings. The molecule has 0 heterocycles. The molecule has 1 amide bonds. The fourth-order valence-electron chi connectivity index (χ4n) is 5.15. The lowest BCUT2D eigenvalue weighted by atomic mass is 9.63. The predicted octanol–water partition coefficient (Wildman–Crippen LogP) is 7.45. The molecule has 0 spiro atoms. The summed E-state index contributed by atoms with van der Waals surface area (Å²) < 4.78 is 19.2. The third-order valence-corrected chi connectivity index (χ3v) is 7.37. The molecule has 3 aromatic carbocycles. The molecule has 4 heteroatoms. The van der Waals surface area contributed by atoms with Crippen molar-refractivity contribution in [1.29, 1.82) is 0 Å². The van der Waals surface area contributed by atoms with Crippen molar-refractivity contribution in [3.05, 3.63) is 101 Å². The fourth-order valence-corrected chi connectivity index (χ4v) is 5.15. The van der Waals surface area contributed by atoms with E-state index in [1.54, 1.807) is 12.1 Å². The Morgan fingerprint density at radius 2 is 1.58 bits per heavy atom. The summed E-state index contributed by atoms with van der Waals surface area (Å²) in [7, 11) is 1.91. The van der Waals surface area contributed by atoms with Gasteiger partial charge in [-0.2, -0.15) is 0 Å². The van der Waals surface area contributed by atoms with E-state index in [-0.39, 0.29) is 12.0 Å². The van der Waals surface area contributed by atoms with E-state index in [1.165, 1.54) is 5.56 Å². The Morgan fingerprint density at radius 1 is 0.944 bits per heavy atom. The van der Waals surface area contributed by atoms with E-state index >= 15 is 0 Å². The second kappa shape index (κ2) is 11.7. The van der Waals surface area contributed by atoms with Crippen molar-refractivity contribution in [3.8, 4) is 5.75 Å². The molecule has 1 fully saturated rings. The van der Waals surface area contributed by atoms with Crippen LogP contribution in [0.4, 0.5) is 4.39 Å². The van der Waals surface area contributed by atoms with Gasteiger partial charge in [-0.05, 0) is 59.6 Å². The normalized spacial score (nSPS) is 15.2. The van der Waals surface area contributed by atoms with E-state index in [0.29, 0.717) is 30.2 Å². The van der Waals surface area contributed by atoms with Crippen LogP contribution in [-0.4, -0.2) is 24.4 Å². The molecule has 0 aromatic heterocycles. The van der Waals surface area contributed by atoms with E-state index in [1.807, 2.05) is 42.3 Å². The van der Waals surface area contributed by atoms with Crippen LogP contribution in [0.1, 0.15) is 67.9 Å². The van der Waals surface area contributed by atoms with Crippen LogP contribution in [0.3, 0.4) is 0 Å². The molecule has 190 valence electrons. The molecule has 3 nitrogen and oxygen atoms in total. The summed E-state index contributed by atoms with van der Waals surface area (Å²) in [4.78, 5) is 15.6. The van der Waals surface area contributed by atoms with E-state index in [4.69, 9.17) is 4.74 Å². The SMILES string of the molecule is CC(C)Cc1ccc(C2(C(=O)N(C)CC[C@H](Oc3ccc(CF)cc3)c3ccccc3)CCC2)cc1. The van der Waals surface area contributed by atoms with Gasteiger partial charge >= 0.3 is 0 Å². The van der Waals surface area contributed by atoms with Crippen LogP contribution in [0.5, 0.6) is 5.75 Å². The van der Waals surface area contributed by atoms with Gasteiger partial charge in [-0.1, -0.05) is 87.0 Å². The van der Waals surface area contributed by atoms with Crippen molar-refractivity contribution in [1.82, 2.24) is 4.90 Å². The number of carbonyl (C=O) groups is 1. The Labute approximate surface area is 215 Å². The second-order valence-corrected chi connectivity index (χ2v) is 10.5. The summed E-state index contributed by atoms with van der Waals surface area (Å²) in [5.74, 6) is 1.51. The topological polar surface area (TPSA) is 29.5 Å². The molecule has 1 aliphatic carbocycles. The van der Waals surface area contributed by atoms with E-state index in [0.717, 1.165) is 36.8 Å². The number of benzene rings is 3. The molecule has 1 saturated carbocycles. The van der Waals surface area contributed by atoms with Crippen molar-refractivity contribution in [2.24, 2.45) is 5.92 Å². The number of ether oxygens (including phenoxy) is 1. The Kier molecular flexibility index (Phi) is 8.45. The van der Waals surface area contributed by atoms with Crippen LogP contribution >= 0.6 is 0 Å². The van der Waals surface area contributed by atoms with Crippen LogP contribution in [0.2, 0.25) is 0 Å². The quantitative estimate of drug-likeness (QED) is 0.281. The molecule has 36 heavy (non-hydrogen) atoms. The van der Waals surface area contributed by atoms with Gasteiger partial charge in [0.15, 0.2) is 0 Å². The number of carbonyl (C=O) groups excluding carboxylic acids is 1. The maximum atomic E-state index is 13.7. The highest BCUT2D eigenvalue weighted by Gasteiger charge is 2.46. The highest BCUT2D eigenvalue weighted by atomic mass is 19.1. The summed E-state index contributed by atoms with van der Waals surface area (Å²) in [6.07, 6.45) is 4.40. The van der Waals surface area contributed by atoms with Crippen LogP contribution in [0, 0.1) is 5.92 Å². The summed E-state index contributed by atoms with van der Waals surface area (Å²) in [6, 6.07) is 25.9. The first-order chi connectivity index (χ1) is 17.4. The van der Waals surface area contributed by atoms with E-state index in [9.17, 15) is 9.18 Å². The van der Waals surface area contributed by atoms with Gasteiger partial charge in [0.2, 0.25) is 5.91 Å². The highest BCUT2D eigenvalue weighted by Crippen LogP contribution is 2.45. The molecular formula is C32H38FNO2. The molecule has 0 aliphatic heterocycles. The largest absolute Gasteiger partial charge is 0.486 e. The van der Waals surface area contributed by atoms with Gasteiger partial charge in [-0.3, -0.25) is 4.79 Å². The number of hydrogen-bond donors (Lipinski definition) is 0. The number of nitrogens with zero attached hydrogens (tertiary/aromatic N) is 1. The third kappa shape index (κ3) is 5.98. The zero-order valence-corrected chi connectivity index (χ0v) is 21.8. The van der Waals surface area contributed by atoms with Gasteiger partial charge in [0, 0.05) is 20.0 Å². The smallest absolute Gasteiger partial charge is 0.232 e. The van der Waals surface area contributed by atoms with Crippen LogP contribution in [-0.2, 0) is 23.3 Å². The molecule has 3 aromatic rings. The van der Waals surface area contributed by atoms with E-state index < -0.39 is 12.1 Å². The van der Waals surface area contributed by atoms with Gasteiger partial charge in [0.1, 0.15) is 18.5 Å². The van der Waals surface area contributed by atoms with Crippen molar-refractivity contribution in [2.75, 3.05) is 13.6 Å². The van der Waals surface area contributed by atoms with Gasteiger partial charge < -0.3 is 9.64 Å². The van der Waals surface area contributed by atoms with Crippen molar-refractivity contribution < 1.29 is 13.9 Å². The molecule has 0 unspecified atom stereocenters. The van der Waals surface area contributed by atoms with Crippen LogP contribution < -0.4 is 4.74 Å². The Bertz CT molecular complexity index is 1110. The lowest BCUT2D eigenvalue weighted by Gasteiger charge is -2.43. The zero-order valence-electron chi connectivity index (χ0n) is 21.8. The predicted molar refractivity (Wildman–Crippen MR) is 144 cm³/mol. The number of alkyl halides is 1. The third-order valence-electron chi connectivity index (χ3n) is 7.37. The van der Waals surface area contributed by atoms with Crippen LogP contribution in [0.15, 0.2) is 78.9 Å². The fraction of sp³-hybridized carbons (Fsp3) is 0.406. The first-order valence-electron chi connectivity index (χ1n) is 13.1. The molecule has 0 radical (unpaired) electrons. The molecule has 1 atom stereocenters. The first kappa shape index (κ1) is 25.9. The highest BCUT2D eigenvalue weighted by molar-refractivity contribution is 5.89. The average Bonchev–Trinajstić information content (AvgIpc) is 2.87. The van der Waals surface area contributed by atoms with Crippen molar-refractivity contribution >= 4 is 5.91 Å². The number of likely N-dealkylation sites (N-methyl/N-ethyl adjacent to an activating group) is 1. The minimum Gasteiger partial charge on any atom is -0.486 e. The summed E-state index contributed by atoms with van der Waals surface area (Å²) in [5, 5.41) is 0. The molecular weight excluding hydrogens is 449 g/mol. The molecule has 0 bridgehead atoms. The lowest BCUT2D eigenvalue weighted by Crippen LogP contribution is -2.50. The van der Waals surface area contributed by atoms with Gasteiger partial charge in [0.25, 0.3) is 0 Å². The average molecular weight is 488 g/mol. The summed E-state index contributed by atoms with van der Waals surface area (Å²) in [5.41, 5.74) is 3.75. The number of halogens is 1. The van der Waals surface area contributed by atoms with Crippen molar-refractivity contribution in [2.45, 2.75) is 64.1 Å². The second-order valence-electron chi connectivity index (χ2n) is 10.5. The maximum Gasteiger partial charge on any atom is 0.232 e. The summed E-state index contributed by atoms with van der Waals surface area (Å²) >= 11 is 0. The van der Waals surface area contributed by atoms with Crippen LogP contribution in [0.25, 0.3) is 0 Å². The molecule has 0 saturated heterocycles. The number of rotatable bonds is 11. The Hall–Kier alpha value is -3.14. The summed E-state index contributed by atoms with van der Waals surface area (Å²) in [6.45, 7) is 4.56. The minimum absolute atomic E-state index is 0.199. The Morgan fingerprint density at radius 3 is 2.14 bits per heavy atom. The maximum absolute atomic E-state index is 13.7. The van der Waals surface area contributed by atoms with Gasteiger partial charge in [-0.15, -0.1) is 0 Å². The van der Waals surface area contributed by atoms with Gasteiger partial charge in [-0.25, -0.2) is 4.39 Å². The zero-order chi connectivity index (χ0) is 25.5. The Balaban J connectivity index is 1.45. The first-order valence-corrected chi connectivity index (χ1v) is 13.1. The number of amides is 1. The molecule has 0 N–H and O–H groups in total. The minimum atomic E-state index is -0.489. The standard InChI is InChI=1S/C32H38FNO2/c1-24(2)22-25-10-14-28(15-11-25)32(19-7-20-32)31(35)34(3)21-18-30(27-8-5-4-6-9-27)36-29-16-12-26(23-33)13-17-29/h4-6,8-17,24,30H,7,18-23H2,1-3H3/t30-/m0/s1. The molecule has 4 rings (SSSR count). The lowest BCUT2D eigenvalue weighted by molar-refractivity contribution is -0.139. The number of hydrogen-bond acceptors (Lipinski definition) is 2. The monoisotopic (exact) mass is 487 g/mol. The van der Waals surface area contributed by atoms with Gasteiger partial charge in [0.05, 0.1) is 5.41 Å². The van der Waals surface area contributed by atoms with E-state index in [2.05, 4.69) is 50.2 Å². The van der Waals surface area contributed by atoms with Crippen molar-refractivity contribution in [3.63, 3.8) is 0 Å².